The van der Waals surface area contributed by atoms with Crippen LogP contribution >= 0.6 is 0 Å². The largest absolute Gasteiger partial charge is 0.454 e. The predicted octanol–water partition coefficient (Wildman–Crippen LogP) is 3.45. The van der Waals surface area contributed by atoms with Gasteiger partial charge >= 0.3 is 0 Å². The number of rotatable bonds is 2. The fraction of sp³-hybridized carbons (Fsp3) is 0.111. The van der Waals surface area contributed by atoms with Crippen LogP contribution in [-0.2, 0) is 0 Å². The van der Waals surface area contributed by atoms with Crippen molar-refractivity contribution in [2.24, 2.45) is 0 Å². The fourth-order valence-electron chi connectivity index (χ4n) is 2.58. The molecule has 0 saturated carbocycles. The molecular weight excluding hydrogens is 290 g/mol. The minimum Gasteiger partial charge on any atom is -0.454 e. The van der Waals surface area contributed by atoms with Gasteiger partial charge in [0.05, 0.1) is 11.4 Å². The van der Waals surface area contributed by atoms with Crippen LogP contribution in [0.4, 0.5) is 0 Å². The molecule has 1 aliphatic heterocycles. The molecule has 0 saturated heterocycles. The zero-order valence-corrected chi connectivity index (χ0v) is 12.5. The molecule has 3 aromatic rings. The number of ether oxygens (including phenoxy) is 2. The van der Waals surface area contributed by atoms with Gasteiger partial charge in [-0.1, -0.05) is 17.7 Å². The molecule has 0 bridgehead atoms. The van der Waals surface area contributed by atoms with Crippen molar-refractivity contribution in [3.63, 3.8) is 0 Å². The molecular formula is C18H13N3O2. The summed E-state index contributed by atoms with van der Waals surface area (Å²) in [6.07, 6.45) is 0. The van der Waals surface area contributed by atoms with Crippen LogP contribution in [0.1, 0.15) is 11.3 Å². The van der Waals surface area contributed by atoms with Crippen LogP contribution in [0, 0.1) is 18.3 Å². The standard InChI is InChI=1S/C18H13N3O2/c1-12-2-5-15(6-3-12)21-16(9-14(10-19)20-21)13-4-7-17-18(8-13)23-11-22-17/h2-9H,11H2,1H3. The molecule has 0 spiro atoms. The topological polar surface area (TPSA) is 60.1 Å². The summed E-state index contributed by atoms with van der Waals surface area (Å²) in [7, 11) is 0. The van der Waals surface area contributed by atoms with Crippen molar-refractivity contribution < 1.29 is 9.47 Å². The summed E-state index contributed by atoms with van der Waals surface area (Å²) in [5.74, 6) is 1.44. The second-order valence-electron chi connectivity index (χ2n) is 5.34. The lowest BCUT2D eigenvalue weighted by molar-refractivity contribution is 0.174. The van der Waals surface area contributed by atoms with E-state index in [4.69, 9.17) is 9.47 Å². The minimum absolute atomic E-state index is 0.236. The summed E-state index contributed by atoms with van der Waals surface area (Å²) >= 11 is 0. The van der Waals surface area contributed by atoms with Gasteiger partial charge in [0.25, 0.3) is 0 Å². The molecule has 1 aliphatic rings. The van der Waals surface area contributed by atoms with Crippen LogP contribution in [0.2, 0.25) is 0 Å². The summed E-state index contributed by atoms with van der Waals surface area (Å²) in [5.41, 5.74) is 4.21. The van der Waals surface area contributed by atoms with Crippen molar-refractivity contribution in [1.29, 1.82) is 5.26 Å². The fourth-order valence-corrected chi connectivity index (χ4v) is 2.58. The van der Waals surface area contributed by atoms with Gasteiger partial charge in [0.15, 0.2) is 17.2 Å². The number of fused-ring (bicyclic) bond motifs is 1. The molecule has 23 heavy (non-hydrogen) atoms. The Morgan fingerprint density at radius 2 is 1.83 bits per heavy atom. The van der Waals surface area contributed by atoms with Crippen molar-refractivity contribution in [3.8, 4) is 34.5 Å². The number of aromatic nitrogens is 2. The van der Waals surface area contributed by atoms with Crippen molar-refractivity contribution in [1.82, 2.24) is 9.78 Å². The molecule has 0 amide bonds. The van der Waals surface area contributed by atoms with Gasteiger partial charge in [-0.2, -0.15) is 10.4 Å². The smallest absolute Gasteiger partial charge is 0.231 e. The van der Waals surface area contributed by atoms with Gasteiger partial charge in [0.2, 0.25) is 6.79 Å². The van der Waals surface area contributed by atoms with E-state index in [1.54, 1.807) is 10.7 Å². The Morgan fingerprint density at radius 1 is 1.04 bits per heavy atom. The quantitative estimate of drug-likeness (QED) is 0.727. The lowest BCUT2D eigenvalue weighted by atomic mass is 10.1. The molecule has 0 fully saturated rings. The molecule has 112 valence electrons. The van der Waals surface area contributed by atoms with Crippen LogP contribution in [0.15, 0.2) is 48.5 Å². The third-order valence-corrected chi connectivity index (χ3v) is 3.77. The molecule has 0 aliphatic carbocycles. The highest BCUT2D eigenvalue weighted by Gasteiger charge is 2.17. The maximum absolute atomic E-state index is 9.20. The van der Waals surface area contributed by atoms with Crippen molar-refractivity contribution >= 4 is 0 Å². The third-order valence-electron chi connectivity index (χ3n) is 3.77. The summed E-state index contributed by atoms with van der Waals surface area (Å²) < 4.78 is 12.6. The SMILES string of the molecule is Cc1ccc(-n2nc(C#N)cc2-c2ccc3c(c2)OCO3)cc1. The average molecular weight is 303 g/mol. The molecule has 1 aromatic heterocycles. The maximum Gasteiger partial charge on any atom is 0.231 e. The van der Waals surface area contributed by atoms with Gasteiger partial charge in [0.1, 0.15) is 6.07 Å². The monoisotopic (exact) mass is 303 g/mol. The van der Waals surface area contributed by atoms with Gasteiger partial charge in [-0.25, -0.2) is 4.68 Å². The Kier molecular flexibility index (Phi) is 3.02. The van der Waals surface area contributed by atoms with E-state index in [9.17, 15) is 5.26 Å². The Balaban J connectivity index is 1.86. The van der Waals surface area contributed by atoms with Crippen LogP contribution in [0.5, 0.6) is 11.5 Å². The van der Waals surface area contributed by atoms with E-state index in [-0.39, 0.29) is 6.79 Å². The number of aryl methyl sites for hydroxylation is 1. The van der Waals surface area contributed by atoms with Gasteiger partial charge in [-0.3, -0.25) is 0 Å². The second-order valence-corrected chi connectivity index (χ2v) is 5.34. The summed E-state index contributed by atoms with van der Waals surface area (Å²) in [6.45, 7) is 2.27. The zero-order chi connectivity index (χ0) is 15.8. The van der Waals surface area contributed by atoms with Gasteiger partial charge in [-0.05, 0) is 37.3 Å². The number of nitrogens with zero attached hydrogens (tertiary/aromatic N) is 3. The highest BCUT2D eigenvalue weighted by atomic mass is 16.7. The van der Waals surface area contributed by atoms with Crippen molar-refractivity contribution in [2.75, 3.05) is 6.79 Å². The molecule has 4 rings (SSSR count). The molecule has 2 aromatic carbocycles. The molecule has 0 unspecified atom stereocenters. The van der Waals surface area contributed by atoms with Crippen molar-refractivity contribution in [3.05, 3.63) is 59.8 Å². The second kappa shape index (κ2) is 5.18. The average Bonchev–Trinajstić information content (AvgIpc) is 3.21. The third kappa shape index (κ3) is 2.30. The lowest BCUT2D eigenvalue weighted by Crippen LogP contribution is -1.99. The van der Waals surface area contributed by atoms with E-state index in [1.807, 2.05) is 49.4 Å². The molecule has 0 N–H and O–H groups in total. The summed E-state index contributed by atoms with van der Waals surface area (Å²) in [6, 6.07) is 17.6. The first-order valence-electron chi connectivity index (χ1n) is 7.22. The summed E-state index contributed by atoms with van der Waals surface area (Å²) in [4.78, 5) is 0. The van der Waals surface area contributed by atoms with Crippen LogP contribution in [0.3, 0.4) is 0 Å². The van der Waals surface area contributed by atoms with Crippen molar-refractivity contribution in [2.45, 2.75) is 6.92 Å². The van der Waals surface area contributed by atoms with E-state index in [0.29, 0.717) is 11.4 Å². The van der Waals surface area contributed by atoms with E-state index >= 15 is 0 Å². The zero-order valence-electron chi connectivity index (χ0n) is 12.5. The first-order chi connectivity index (χ1) is 11.2. The molecule has 5 nitrogen and oxygen atoms in total. The highest BCUT2D eigenvalue weighted by Crippen LogP contribution is 2.36. The van der Waals surface area contributed by atoms with Gasteiger partial charge in [-0.15, -0.1) is 0 Å². The molecule has 5 heteroatoms. The first-order valence-corrected chi connectivity index (χ1v) is 7.22. The Hall–Kier alpha value is -3.26. The van der Waals surface area contributed by atoms with Crippen LogP contribution < -0.4 is 9.47 Å². The molecule has 2 heterocycles. The van der Waals surface area contributed by atoms with E-state index in [1.165, 1.54) is 5.56 Å². The number of hydrogen-bond donors (Lipinski definition) is 0. The minimum atomic E-state index is 0.236. The highest BCUT2D eigenvalue weighted by molar-refractivity contribution is 5.67. The van der Waals surface area contributed by atoms with E-state index < -0.39 is 0 Å². The number of benzene rings is 2. The molecule has 0 atom stereocenters. The maximum atomic E-state index is 9.20. The first kappa shape index (κ1) is 13.4. The number of hydrogen-bond acceptors (Lipinski definition) is 4. The predicted molar refractivity (Wildman–Crippen MR) is 84.6 cm³/mol. The van der Waals surface area contributed by atoms with E-state index in [2.05, 4.69) is 11.2 Å². The van der Waals surface area contributed by atoms with Crippen LogP contribution in [-0.4, -0.2) is 16.6 Å². The van der Waals surface area contributed by atoms with Gasteiger partial charge in [0, 0.05) is 11.6 Å². The Morgan fingerprint density at radius 3 is 2.61 bits per heavy atom. The van der Waals surface area contributed by atoms with Gasteiger partial charge < -0.3 is 9.47 Å². The lowest BCUT2D eigenvalue weighted by Gasteiger charge is -2.08. The molecule has 0 radical (unpaired) electrons. The normalized spacial score (nSPS) is 12.2. The number of nitriles is 1. The van der Waals surface area contributed by atoms with Crippen LogP contribution in [0.25, 0.3) is 16.9 Å². The summed E-state index contributed by atoms with van der Waals surface area (Å²) in [5, 5.41) is 13.6. The Labute approximate surface area is 133 Å². The van der Waals surface area contributed by atoms with E-state index in [0.717, 1.165) is 22.7 Å². The Bertz CT molecular complexity index is 920.